The number of hydrogen-bond donors (Lipinski definition) is 3. The molecular formula is C55H53Cl2N15O16. The zero-order chi connectivity index (χ0) is 64.0. The average Bonchev–Trinajstić information content (AvgIpc) is 3.46. The molecule has 4 aromatic heterocycles. The van der Waals surface area contributed by atoms with E-state index >= 15 is 0 Å². The summed E-state index contributed by atoms with van der Waals surface area (Å²) >= 11 is 11.9. The Balaban J connectivity index is 0.000000150. The molecule has 0 amide bonds. The van der Waals surface area contributed by atoms with Crippen molar-refractivity contribution in [2.75, 3.05) is 31.8 Å². The Kier molecular flexibility index (Phi) is 19.2. The van der Waals surface area contributed by atoms with E-state index in [0.29, 0.717) is 17.3 Å². The number of nitro benzene ring substituents is 4. The summed E-state index contributed by atoms with van der Waals surface area (Å²) in [6.45, 7) is 0. The van der Waals surface area contributed by atoms with Gasteiger partial charge in [-0.25, -0.2) is 32.9 Å². The van der Waals surface area contributed by atoms with Gasteiger partial charge >= 0.3 is 22.8 Å². The fraction of sp³-hybridized carbons (Fsp3) is 0.273. The van der Waals surface area contributed by atoms with Gasteiger partial charge in [0.15, 0.2) is 0 Å². The Hall–Kier alpha value is -10.7. The number of benzene rings is 4. The molecule has 0 saturated heterocycles. The first-order chi connectivity index (χ1) is 42.0. The number of nitrogens with one attached hydrogen (secondary N) is 2. The summed E-state index contributed by atoms with van der Waals surface area (Å²) in [5.74, 6) is 0.756. The Bertz CT molecular complexity index is 4580. The first-order valence-corrected chi connectivity index (χ1v) is 27.6. The van der Waals surface area contributed by atoms with Crippen LogP contribution in [0.4, 0.5) is 34.4 Å². The first-order valence-electron chi connectivity index (χ1n) is 26.8. The molecule has 12 rings (SSSR count). The monoisotopic (exact) mass is 1250 g/mol. The lowest BCUT2D eigenvalue weighted by Gasteiger charge is -2.14. The highest BCUT2D eigenvalue weighted by Crippen LogP contribution is 2.37. The summed E-state index contributed by atoms with van der Waals surface area (Å²) in [6, 6.07) is 27.1. The third kappa shape index (κ3) is 13.9. The van der Waals surface area contributed by atoms with Gasteiger partial charge in [0.1, 0.15) is 21.9 Å². The second-order valence-corrected chi connectivity index (χ2v) is 20.6. The van der Waals surface area contributed by atoms with E-state index in [1.807, 2.05) is 0 Å². The maximum Gasteiger partial charge on any atom is 0.337 e. The lowest BCUT2D eigenvalue weighted by Crippen LogP contribution is -2.39. The molecule has 4 aliphatic rings. The molecule has 0 spiro atoms. The van der Waals surface area contributed by atoms with Crippen molar-refractivity contribution in [3.8, 4) is 22.7 Å². The fourth-order valence-corrected chi connectivity index (χ4v) is 9.74. The molecule has 458 valence electrons. The normalized spacial score (nSPS) is 13.8. The van der Waals surface area contributed by atoms with E-state index in [2.05, 4.69) is 16.4 Å². The molecule has 0 bridgehead atoms. The number of anilines is 2. The molecular weight excluding hydrogens is 1200 g/mol. The highest BCUT2D eigenvalue weighted by Gasteiger charge is 2.32. The van der Waals surface area contributed by atoms with Crippen LogP contribution in [-0.2, 0) is 0 Å². The highest BCUT2D eigenvalue weighted by atomic mass is 35.5. The number of rotatable bonds is 14. The quantitative estimate of drug-likeness (QED) is 0.0644. The van der Waals surface area contributed by atoms with Crippen molar-refractivity contribution in [3.63, 3.8) is 0 Å². The smallest absolute Gasteiger partial charge is 0.337 e. The van der Waals surface area contributed by atoms with Crippen LogP contribution in [0.2, 0.25) is 10.3 Å². The van der Waals surface area contributed by atoms with Crippen LogP contribution in [0.15, 0.2) is 160 Å². The molecule has 0 radical (unpaired) electrons. The third-order valence-corrected chi connectivity index (χ3v) is 14.4. The summed E-state index contributed by atoms with van der Waals surface area (Å²) in [6.07, 6.45) is 6.53. The average molecular weight is 1250 g/mol. The maximum atomic E-state index is 12.6. The second kappa shape index (κ2) is 26.7. The molecule has 0 unspecified atom stereocenters. The van der Waals surface area contributed by atoms with Gasteiger partial charge in [0.2, 0.25) is 0 Å². The zero-order valence-corrected chi connectivity index (χ0v) is 48.3. The summed E-state index contributed by atoms with van der Waals surface area (Å²) in [7, 11) is 4.73. The molecule has 0 atom stereocenters. The van der Waals surface area contributed by atoms with Gasteiger partial charge in [0.05, 0.1) is 42.4 Å². The van der Waals surface area contributed by atoms with Crippen LogP contribution in [0.5, 0.6) is 0 Å². The molecule has 0 aliphatic heterocycles. The van der Waals surface area contributed by atoms with Gasteiger partial charge in [-0.15, -0.1) is 0 Å². The largest absolute Gasteiger partial charge is 0.374 e. The molecule has 88 heavy (non-hydrogen) atoms. The molecule has 4 saturated carbocycles. The maximum absolute atomic E-state index is 12.6. The van der Waals surface area contributed by atoms with Gasteiger partial charge in [-0.1, -0.05) is 47.5 Å². The van der Waals surface area contributed by atoms with Crippen LogP contribution in [0, 0.1) is 40.5 Å². The Labute approximate surface area is 503 Å². The van der Waals surface area contributed by atoms with E-state index < -0.39 is 59.1 Å². The number of aromatic nitrogens is 8. The Morgan fingerprint density at radius 2 is 0.659 bits per heavy atom. The van der Waals surface area contributed by atoms with Crippen molar-refractivity contribution < 1.29 is 19.7 Å². The van der Waals surface area contributed by atoms with Crippen LogP contribution in [0.25, 0.3) is 22.7 Å². The SMILES string of the molecule is CN.CNc1cc(=O)n(-c2cccc([N+](=O)[O-])c2)c(=O)n1C1CC1.CNc1cc(=O)n(C2CC2)c(=O)n1-c1cccc([N+](=O)[O-])c1.O=c1cc(Cl)n(-c2cccc([N+](=O)[O-])c2)c(=O)n1C1CC1.O=c1cc(Cl)n(C2CC2)c(=O)n1-c1cccc([N+](=O)[O-])c1. The zero-order valence-electron chi connectivity index (χ0n) is 46.7. The molecule has 8 aromatic rings. The van der Waals surface area contributed by atoms with Gasteiger partial charge in [0.25, 0.3) is 45.0 Å². The van der Waals surface area contributed by atoms with Crippen LogP contribution < -0.4 is 61.4 Å². The number of hydrogen-bond acceptors (Lipinski definition) is 19. The standard InChI is InChI=1S/2C14H14N4O4.2C13H10ClN3O4.CH5N/c1-15-12-8-13(19)17(9-5-6-9)14(20)16(12)10-3-2-4-11(7-10)18(21)22;1-15-12-8-13(19)17(14(20)16(12)9-5-6-9)10-3-2-4-11(7-10)18(21)22;14-11-7-12(18)16(8-4-5-8)13(19)15(11)9-2-1-3-10(6-9)17(20)21;14-11-7-12(18)16(13(19)15(11)8-4-5-8)9-2-1-3-10(6-9)17(20)21;1-2/h2*2-4,7-9,15H,5-6H2,1H3;2*1-3,6-8H,4-5H2;2H2,1H3. The Morgan fingerprint density at radius 1 is 0.375 bits per heavy atom. The van der Waals surface area contributed by atoms with Crippen LogP contribution >= 0.6 is 23.2 Å². The summed E-state index contributed by atoms with van der Waals surface area (Å²) in [4.78, 5) is 140. The van der Waals surface area contributed by atoms with Gasteiger partial charge in [-0.05, 0) is 82.7 Å². The lowest BCUT2D eigenvalue weighted by atomic mass is 10.2. The number of nitrogens with two attached hydrogens (primary N) is 1. The molecule has 4 aliphatic carbocycles. The van der Waals surface area contributed by atoms with Crippen molar-refractivity contribution in [3.05, 3.63) is 255 Å². The van der Waals surface area contributed by atoms with Gasteiger partial charge < -0.3 is 16.4 Å². The number of nitro groups is 4. The number of non-ortho nitro benzene ring substituents is 4. The fourth-order valence-electron chi connectivity index (χ4n) is 9.18. The predicted octanol–water partition coefficient (Wildman–Crippen LogP) is 5.93. The molecule has 33 heteroatoms. The number of halogens is 2. The molecule has 31 nitrogen and oxygen atoms in total. The van der Waals surface area contributed by atoms with E-state index in [1.54, 1.807) is 20.2 Å². The van der Waals surface area contributed by atoms with E-state index in [1.165, 1.54) is 128 Å². The van der Waals surface area contributed by atoms with Gasteiger partial charge in [-0.3, -0.25) is 82.5 Å². The summed E-state index contributed by atoms with van der Waals surface area (Å²) in [5.41, 5.74) is 0.770. The lowest BCUT2D eigenvalue weighted by molar-refractivity contribution is -0.385. The van der Waals surface area contributed by atoms with Crippen molar-refractivity contribution in [2.45, 2.75) is 75.5 Å². The van der Waals surface area contributed by atoms with Gasteiger partial charge in [-0.2, -0.15) is 0 Å². The van der Waals surface area contributed by atoms with Gasteiger partial charge in [0, 0.05) is 111 Å². The molecule has 4 N–H and O–H groups in total. The highest BCUT2D eigenvalue weighted by molar-refractivity contribution is 6.30. The molecule has 4 aromatic carbocycles. The van der Waals surface area contributed by atoms with Crippen molar-refractivity contribution in [2.24, 2.45) is 5.73 Å². The van der Waals surface area contributed by atoms with E-state index in [0.717, 1.165) is 81.8 Å². The second-order valence-electron chi connectivity index (χ2n) is 19.8. The predicted molar refractivity (Wildman–Crippen MR) is 324 cm³/mol. The first kappa shape index (κ1) is 63.4. The minimum atomic E-state index is -0.609. The summed E-state index contributed by atoms with van der Waals surface area (Å²) < 4.78 is 9.48. The minimum Gasteiger partial charge on any atom is -0.374 e. The van der Waals surface area contributed by atoms with Crippen LogP contribution in [-0.4, -0.2) is 77.4 Å². The number of nitrogens with zero attached hydrogens (tertiary/aromatic N) is 12. The van der Waals surface area contributed by atoms with Crippen molar-refractivity contribution in [1.29, 1.82) is 0 Å². The Morgan fingerprint density at radius 3 is 1.03 bits per heavy atom. The van der Waals surface area contributed by atoms with E-state index in [4.69, 9.17) is 23.2 Å². The molecule has 4 heterocycles. The third-order valence-electron chi connectivity index (χ3n) is 13.8. The summed E-state index contributed by atoms with van der Waals surface area (Å²) in [5, 5.41) is 49.1. The van der Waals surface area contributed by atoms with Crippen molar-refractivity contribution in [1.82, 2.24) is 36.5 Å². The van der Waals surface area contributed by atoms with Crippen molar-refractivity contribution >= 4 is 57.6 Å². The van der Waals surface area contributed by atoms with Crippen LogP contribution in [0.3, 0.4) is 0 Å². The molecule has 4 fully saturated rings. The van der Waals surface area contributed by atoms with E-state index in [-0.39, 0.29) is 79.8 Å². The minimum absolute atomic E-state index is 0.00412. The van der Waals surface area contributed by atoms with Crippen LogP contribution in [0.1, 0.15) is 75.5 Å². The van der Waals surface area contributed by atoms with E-state index in [9.17, 15) is 78.8 Å². The topological polar surface area (TPSA) is 399 Å².